The first-order chi connectivity index (χ1) is 14.7. The number of aromatic hydroxyl groups is 1. The zero-order chi connectivity index (χ0) is 20.9. The molecule has 0 saturated carbocycles. The van der Waals surface area contributed by atoms with Crippen molar-refractivity contribution in [2.45, 2.75) is 6.42 Å². The van der Waals surface area contributed by atoms with Gasteiger partial charge in [-0.15, -0.1) is 0 Å². The molecule has 0 unspecified atom stereocenters. The second-order valence-electron chi connectivity index (χ2n) is 6.89. The smallest absolute Gasteiger partial charge is 0.265 e. The van der Waals surface area contributed by atoms with E-state index in [4.69, 9.17) is 4.74 Å². The number of hydrogen-bond acceptors (Lipinski definition) is 4. The molecule has 1 heterocycles. The molecule has 0 aliphatic rings. The summed E-state index contributed by atoms with van der Waals surface area (Å²) in [6.45, 7) is 0.560. The molecule has 30 heavy (non-hydrogen) atoms. The van der Waals surface area contributed by atoms with Gasteiger partial charge in [-0.2, -0.15) is 0 Å². The van der Waals surface area contributed by atoms with E-state index in [1.807, 2.05) is 60.7 Å². The number of fused-ring (bicyclic) bond motifs is 1. The predicted octanol–water partition coefficient (Wildman–Crippen LogP) is 4.37. The van der Waals surface area contributed by atoms with E-state index in [0.717, 1.165) is 17.7 Å². The fourth-order valence-electron chi connectivity index (χ4n) is 3.45. The lowest BCUT2D eigenvalue weighted by Gasteiger charge is -2.13. The molecule has 4 rings (SSSR count). The predicted molar refractivity (Wildman–Crippen MR) is 120 cm³/mol. The molecule has 0 aliphatic heterocycles. The zero-order valence-electron chi connectivity index (χ0n) is 16.7. The maximum absolute atomic E-state index is 13.0. The third-order valence-electron chi connectivity index (χ3n) is 5.03. The largest absolute Gasteiger partial charge is 0.497 e. The lowest BCUT2D eigenvalue weighted by molar-refractivity contribution is 0.414. The van der Waals surface area contributed by atoms with Crippen LogP contribution < -0.4 is 10.3 Å². The van der Waals surface area contributed by atoms with E-state index in [-0.39, 0.29) is 11.4 Å². The Hall–Kier alpha value is -3.86. The maximum atomic E-state index is 13.0. The Morgan fingerprint density at radius 1 is 0.933 bits per heavy atom. The fraction of sp³-hybridized carbons (Fsp3) is 0.120. The van der Waals surface area contributed by atoms with Gasteiger partial charge in [0.25, 0.3) is 5.56 Å². The number of pyridine rings is 1. The molecule has 150 valence electrons. The minimum Gasteiger partial charge on any atom is -0.497 e. The molecule has 1 aromatic heterocycles. The summed E-state index contributed by atoms with van der Waals surface area (Å²) in [5.74, 6) is 0.708. The van der Waals surface area contributed by atoms with Gasteiger partial charge in [-0.1, -0.05) is 48.5 Å². The van der Waals surface area contributed by atoms with Crippen LogP contribution in [-0.4, -0.2) is 29.5 Å². The van der Waals surface area contributed by atoms with E-state index in [2.05, 4.69) is 4.99 Å². The number of benzene rings is 3. The Kier molecular flexibility index (Phi) is 5.61. The van der Waals surface area contributed by atoms with Crippen LogP contribution in [0, 0.1) is 0 Å². The van der Waals surface area contributed by atoms with Crippen molar-refractivity contribution in [3.05, 3.63) is 100 Å². The SMILES string of the molecule is COc1ccc(CCN=Cc2c(O)n(-c3ccccc3)c(=O)c3ccccc23)cc1. The van der Waals surface area contributed by atoms with Gasteiger partial charge in [0.05, 0.1) is 18.4 Å². The van der Waals surface area contributed by atoms with E-state index in [0.29, 0.717) is 28.6 Å². The van der Waals surface area contributed by atoms with Gasteiger partial charge in [0.15, 0.2) is 0 Å². The summed E-state index contributed by atoms with van der Waals surface area (Å²) in [7, 11) is 1.64. The Balaban J connectivity index is 1.69. The second-order valence-corrected chi connectivity index (χ2v) is 6.89. The van der Waals surface area contributed by atoms with Gasteiger partial charge in [-0.3, -0.25) is 9.79 Å². The number of aromatic nitrogens is 1. The minimum atomic E-state index is -0.260. The summed E-state index contributed by atoms with van der Waals surface area (Å²) in [5, 5.41) is 12.2. The quantitative estimate of drug-likeness (QED) is 0.491. The van der Waals surface area contributed by atoms with E-state index < -0.39 is 0 Å². The first-order valence-corrected chi connectivity index (χ1v) is 9.74. The van der Waals surface area contributed by atoms with E-state index in [1.54, 1.807) is 31.5 Å². The van der Waals surface area contributed by atoms with Crippen LogP contribution in [0.2, 0.25) is 0 Å². The van der Waals surface area contributed by atoms with Crippen molar-refractivity contribution in [3.63, 3.8) is 0 Å². The number of hydrogen-bond donors (Lipinski definition) is 1. The monoisotopic (exact) mass is 398 g/mol. The molecule has 5 heteroatoms. The Bertz CT molecular complexity index is 1240. The van der Waals surface area contributed by atoms with Gasteiger partial charge < -0.3 is 9.84 Å². The number of ether oxygens (including phenoxy) is 1. The highest BCUT2D eigenvalue weighted by atomic mass is 16.5. The van der Waals surface area contributed by atoms with Crippen LogP contribution in [0.4, 0.5) is 0 Å². The molecule has 0 aliphatic carbocycles. The Labute approximate surface area is 174 Å². The molecule has 0 amide bonds. The van der Waals surface area contributed by atoms with Crippen LogP contribution in [0.5, 0.6) is 11.6 Å². The molecule has 0 fully saturated rings. The summed E-state index contributed by atoms with van der Waals surface area (Å²) >= 11 is 0. The first-order valence-electron chi connectivity index (χ1n) is 9.74. The van der Waals surface area contributed by atoms with E-state index in [1.165, 1.54) is 4.57 Å². The minimum absolute atomic E-state index is 0.113. The van der Waals surface area contributed by atoms with Crippen LogP contribution in [0.25, 0.3) is 16.5 Å². The standard InChI is InChI=1S/C25H22N2O3/c1-30-20-13-11-18(12-14-20)15-16-26-17-23-21-9-5-6-10-22(21)24(28)27(25(23)29)19-7-3-2-4-8-19/h2-14,17,29H,15-16H2,1H3. The topological polar surface area (TPSA) is 63.8 Å². The molecule has 1 N–H and O–H groups in total. The van der Waals surface area contributed by atoms with Crippen LogP contribution in [0.15, 0.2) is 88.6 Å². The molecular formula is C25H22N2O3. The summed E-state index contributed by atoms with van der Waals surface area (Å²) in [4.78, 5) is 17.5. The van der Waals surface area contributed by atoms with E-state index >= 15 is 0 Å². The molecule has 0 saturated heterocycles. The van der Waals surface area contributed by atoms with E-state index in [9.17, 15) is 9.90 Å². The van der Waals surface area contributed by atoms with Crippen molar-refractivity contribution in [1.29, 1.82) is 0 Å². The third-order valence-corrected chi connectivity index (χ3v) is 5.03. The van der Waals surface area contributed by atoms with Crippen LogP contribution in [-0.2, 0) is 6.42 Å². The highest BCUT2D eigenvalue weighted by Crippen LogP contribution is 2.25. The lowest BCUT2D eigenvalue weighted by atomic mass is 10.1. The highest BCUT2D eigenvalue weighted by Gasteiger charge is 2.15. The molecule has 0 spiro atoms. The van der Waals surface area contributed by atoms with Crippen LogP contribution >= 0.6 is 0 Å². The first kappa shape index (κ1) is 19.5. The van der Waals surface area contributed by atoms with Gasteiger partial charge in [-0.25, -0.2) is 4.57 Å². The van der Waals surface area contributed by atoms with Crippen molar-refractivity contribution < 1.29 is 9.84 Å². The Morgan fingerprint density at radius 3 is 2.30 bits per heavy atom. The second kappa shape index (κ2) is 8.66. The van der Waals surface area contributed by atoms with Gasteiger partial charge in [-0.05, 0) is 42.3 Å². The molecule has 0 radical (unpaired) electrons. The summed E-state index contributed by atoms with van der Waals surface area (Å²) in [6, 6.07) is 24.3. The number of methoxy groups -OCH3 is 1. The molecule has 3 aromatic carbocycles. The number of nitrogens with zero attached hydrogens (tertiary/aromatic N) is 2. The summed E-state index contributed by atoms with van der Waals surface area (Å²) in [6.07, 6.45) is 2.41. The third kappa shape index (κ3) is 3.82. The van der Waals surface area contributed by atoms with Crippen LogP contribution in [0.1, 0.15) is 11.1 Å². The molecular weight excluding hydrogens is 376 g/mol. The lowest BCUT2D eigenvalue weighted by Crippen LogP contribution is -2.20. The molecule has 5 nitrogen and oxygen atoms in total. The van der Waals surface area contributed by atoms with Crippen molar-refractivity contribution in [2.75, 3.05) is 13.7 Å². The number of rotatable bonds is 6. The van der Waals surface area contributed by atoms with Crippen molar-refractivity contribution in [1.82, 2.24) is 4.57 Å². The van der Waals surface area contributed by atoms with Gasteiger partial charge in [0, 0.05) is 23.5 Å². The van der Waals surface area contributed by atoms with Gasteiger partial charge in [0.1, 0.15) is 5.75 Å². The normalized spacial score (nSPS) is 11.2. The summed E-state index contributed by atoms with van der Waals surface area (Å²) < 4.78 is 6.51. The van der Waals surface area contributed by atoms with Crippen molar-refractivity contribution in [2.24, 2.45) is 4.99 Å². The average Bonchev–Trinajstić information content (AvgIpc) is 2.80. The van der Waals surface area contributed by atoms with Crippen LogP contribution in [0.3, 0.4) is 0 Å². The summed E-state index contributed by atoms with van der Waals surface area (Å²) in [5.41, 5.74) is 2.03. The fourth-order valence-corrected chi connectivity index (χ4v) is 3.45. The van der Waals surface area contributed by atoms with Crippen molar-refractivity contribution in [3.8, 4) is 17.3 Å². The number of aliphatic imine (C=N–C) groups is 1. The highest BCUT2D eigenvalue weighted by molar-refractivity contribution is 6.01. The van der Waals surface area contributed by atoms with Gasteiger partial charge >= 0.3 is 0 Å². The van der Waals surface area contributed by atoms with Gasteiger partial charge in [0.2, 0.25) is 5.88 Å². The Morgan fingerprint density at radius 2 is 1.60 bits per heavy atom. The average molecular weight is 398 g/mol. The molecule has 0 bridgehead atoms. The number of para-hydroxylation sites is 1. The molecule has 4 aromatic rings. The zero-order valence-corrected chi connectivity index (χ0v) is 16.7. The molecule has 0 atom stereocenters. The maximum Gasteiger partial charge on any atom is 0.265 e. The van der Waals surface area contributed by atoms with Crippen molar-refractivity contribution >= 4 is 17.0 Å².